The van der Waals surface area contributed by atoms with Crippen molar-refractivity contribution < 1.29 is 0 Å². The fraction of sp³-hybridized carbons (Fsp3) is 0.297. The first-order valence-electron chi connectivity index (χ1n) is 15.5. The van der Waals surface area contributed by atoms with Gasteiger partial charge in [-0.2, -0.15) is 10.2 Å². The monoisotopic (exact) mass is 604 g/mol. The number of rotatable bonds is 14. The molecule has 6 heteroatoms. The molecule has 43 heavy (non-hydrogen) atoms. The first-order valence-corrected chi connectivity index (χ1v) is 22.4. The van der Waals surface area contributed by atoms with Crippen LogP contribution in [0.15, 0.2) is 132 Å². The van der Waals surface area contributed by atoms with Crippen molar-refractivity contribution in [3.63, 3.8) is 0 Å². The molecule has 4 rings (SSSR count). The fourth-order valence-corrected chi connectivity index (χ4v) is 6.99. The van der Waals surface area contributed by atoms with E-state index in [1.165, 1.54) is 22.3 Å². The van der Waals surface area contributed by atoms with Crippen LogP contribution in [-0.4, -0.2) is 37.2 Å². The SMILES string of the molecule is C[Si](C)(C)N(Cc1ccccc1)N=C(CCCC(=NN(Cc1ccccc1)[Si](C)(C)C)c1ccccc1)c1ccccc1. The largest absolute Gasteiger partial charge is 0.320 e. The zero-order chi connectivity index (χ0) is 30.7. The summed E-state index contributed by atoms with van der Waals surface area (Å²) in [6.07, 6.45) is 2.74. The summed E-state index contributed by atoms with van der Waals surface area (Å²) in [6, 6.07) is 42.9. The molecule has 0 unspecified atom stereocenters. The number of nitrogens with zero attached hydrogens (tertiary/aromatic N) is 4. The van der Waals surface area contributed by atoms with Crippen LogP contribution in [0.3, 0.4) is 0 Å². The summed E-state index contributed by atoms with van der Waals surface area (Å²) in [5.41, 5.74) is 7.29. The molecule has 4 aromatic carbocycles. The van der Waals surface area contributed by atoms with Gasteiger partial charge in [0.1, 0.15) is 0 Å². The highest BCUT2D eigenvalue weighted by Crippen LogP contribution is 2.21. The molecule has 0 saturated carbocycles. The van der Waals surface area contributed by atoms with E-state index in [-0.39, 0.29) is 0 Å². The van der Waals surface area contributed by atoms with Crippen molar-refractivity contribution in [2.45, 2.75) is 71.6 Å². The Morgan fingerprint density at radius 3 is 1.07 bits per heavy atom. The van der Waals surface area contributed by atoms with E-state index in [2.05, 4.69) is 170 Å². The van der Waals surface area contributed by atoms with Crippen molar-refractivity contribution in [2.75, 3.05) is 0 Å². The van der Waals surface area contributed by atoms with Gasteiger partial charge in [-0.25, -0.2) is 0 Å². The zero-order valence-electron chi connectivity index (χ0n) is 26.9. The first-order chi connectivity index (χ1) is 20.6. The van der Waals surface area contributed by atoms with Crippen LogP contribution in [0.2, 0.25) is 39.3 Å². The van der Waals surface area contributed by atoms with Crippen LogP contribution < -0.4 is 0 Å². The molecule has 0 spiro atoms. The molecule has 0 saturated heterocycles. The summed E-state index contributed by atoms with van der Waals surface area (Å²) in [6.45, 7) is 15.9. The second-order valence-corrected chi connectivity index (χ2v) is 22.8. The van der Waals surface area contributed by atoms with Crippen LogP contribution in [0.4, 0.5) is 0 Å². The first kappa shape index (κ1) is 32.2. The minimum Gasteiger partial charge on any atom is -0.320 e. The van der Waals surface area contributed by atoms with E-state index >= 15 is 0 Å². The maximum Gasteiger partial charge on any atom is 0.169 e. The van der Waals surface area contributed by atoms with Crippen LogP contribution in [0.1, 0.15) is 41.5 Å². The highest BCUT2D eigenvalue weighted by atomic mass is 28.3. The Morgan fingerprint density at radius 2 is 0.767 bits per heavy atom. The molecule has 0 radical (unpaired) electrons. The third-order valence-electron chi connectivity index (χ3n) is 7.42. The van der Waals surface area contributed by atoms with Gasteiger partial charge in [0.2, 0.25) is 0 Å². The molecule has 0 fully saturated rings. The standard InChI is InChI=1S/C37H48N4Si2/c1-42(2,3)40(30-32-20-11-7-12-21-32)38-36(34-24-15-9-16-25-34)28-19-29-37(35-26-17-10-18-27-35)39-41(43(4,5)6)31-33-22-13-8-14-23-33/h7-18,20-27H,19,28-31H2,1-6H3. The summed E-state index contributed by atoms with van der Waals surface area (Å²) >= 11 is 0. The summed E-state index contributed by atoms with van der Waals surface area (Å²) in [5, 5.41) is 10.8. The average Bonchev–Trinajstić information content (AvgIpc) is 3.00. The summed E-state index contributed by atoms with van der Waals surface area (Å²) in [7, 11) is -3.48. The highest BCUT2D eigenvalue weighted by molar-refractivity contribution is 6.73. The van der Waals surface area contributed by atoms with Crippen LogP contribution in [0.25, 0.3) is 0 Å². The predicted molar refractivity (Wildman–Crippen MR) is 190 cm³/mol. The minimum absolute atomic E-state index is 0.828. The van der Waals surface area contributed by atoms with Crippen molar-refractivity contribution in [3.05, 3.63) is 144 Å². The van der Waals surface area contributed by atoms with Crippen LogP contribution >= 0.6 is 0 Å². The maximum absolute atomic E-state index is 5.41. The Kier molecular flexibility index (Phi) is 11.3. The van der Waals surface area contributed by atoms with Gasteiger partial charge in [0.05, 0.1) is 24.5 Å². The Balaban J connectivity index is 1.62. The van der Waals surface area contributed by atoms with Crippen LogP contribution in [-0.2, 0) is 13.1 Å². The van der Waals surface area contributed by atoms with Gasteiger partial charge in [0.15, 0.2) is 16.5 Å². The molecular weight excluding hydrogens is 557 g/mol. The predicted octanol–water partition coefficient (Wildman–Crippen LogP) is 9.64. The number of hydrogen-bond acceptors (Lipinski definition) is 4. The Labute approximate surface area is 262 Å². The normalized spacial score (nSPS) is 12.7. The Bertz CT molecular complexity index is 1330. The summed E-state index contributed by atoms with van der Waals surface area (Å²) < 4.78 is 4.76. The molecule has 0 N–H and O–H groups in total. The maximum atomic E-state index is 5.41. The van der Waals surface area contributed by atoms with E-state index in [9.17, 15) is 0 Å². The third kappa shape index (κ3) is 10.2. The molecule has 0 amide bonds. The van der Waals surface area contributed by atoms with E-state index in [1.54, 1.807) is 0 Å². The Morgan fingerprint density at radius 1 is 0.465 bits per heavy atom. The van der Waals surface area contributed by atoms with Gasteiger partial charge in [0.25, 0.3) is 0 Å². The lowest BCUT2D eigenvalue weighted by atomic mass is 10.0. The lowest BCUT2D eigenvalue weighted by Crippen LogP contribution is -2.42. The molecule has 0 aliphatic carbocycles. The van der Waals surface area contributed by atoms with E-state index in [0.717, 1.165) is 43.8 Å². The molecule has 224 valence electrons. The molecule has 0 atom stereocenters. The van der Waals surface area contributed by atoms with Gasteiger partial charge in [-0.05, 0) is 41.5 Å². The van der Waals surface area contributed by atoms with Crippen LogP contribution in [0, 0.1) is 0 Å². The Hall–Kier alpha value is -3.75. The van der Waals surface area contributed by atoms with Crippen molar-refractivity contribution >= 4 is 27.9 Å². The van der Waals surface area contributed by atoms with Crippen molar-refractivity contribution in [1.29, 1.82) is 0 Å². The van der Waals surface area contributed by atoms with E-state index in [0.29, 0.717) is 0 Å². The smallest absolute Gasteiger partial charge is 0.169 e. The van der Waals surface area contributed by atoms with Crippen molar-refractivity contribution in [2.24, 2.45) is 10.2 Å². The minimum atomic E-state index is -1.74. The number of benzene rings is 4. The molecule has 0 heterocycles. The molecule has 0 aliphatic rings. The van der Waals surface area contributed by atoms with E-state index in [4.69, 9.17) is 10.2 Å². The quantitative estimate of drug-likeness (QED) is 0.0815. The van der Waals surface area contributed by atoms with Crippen LogP contribution in [0.5, 0.6) is 0 Å². The van der Waals surface area contributed by atoms with Gasteiger partial charge >= 0.3 is 0 Å². The second-order valence-electron chi connectivity index (χ2n) is 13.1. The van der Waals surface area contributed by atoms with Gasteiger partial charge in [-0.15, -0.1) is 0 Å². The molecule has 0 aliphatic heterocycles. The van der Waals surface area contributed by atoms with Gasteiger partial charge in [0, 0.05) is 0 Å². The number of hydrazone groups is 2. The third-order valence-corrected chi connectivity index (χ3v) is 11.0. The molecule has 0 aromatic heterocycles. The van der Waals surface area contributed by atoms with Gasteiger partial charge < -0.3 is 9.35 Å². The van der Waals surface area contributed by atoms with Gasteiger partial charge in [-0.3, -0.25) is 0 Å². The van der Waals surface area contributed by atoms with Gasteiger partial charge in [-0.1, -0.05) is 161 Å². The fourth-order valence-electron chi connectivity index (χ4n) is 4.84. The number of hydrogen-bond donors (Lipinski definition) is 0. The zero-order valence-corrected chi connectivity index (χ0v) is 28.9. The van der Waals surface area contributed by atoms with E-state index in [1.807, 2.05) is 0 Å². The lowest BCUT2D eigenvalue weighted by Gasteiger charge is -2.33. The topological polar surface area (TPSA) is 31.2 Å². The van der Waals surface area contributed by atoms with Crippen molar-refractivity contribution in [3.8, 4) is 0 Å². The highest BCUT2D eigenvalue weighted by Gasteiger charge is 2.25. The average molecular weight is 605 g/mol. The molecular formula is C37H48N4Si2. The molecule has 4 aromatic rings. The van der Waals surface area contributed by atoms with E-state index < -0.39 is 16.5 Å². The summed E-state index contributed by atoms with van der Waals surface area (Å²) in [5.74, 6) is 0. The lowest BCUT2D eigenvalue weighted by molar-refractivity contribution is 0.441. The summed E-state index contributed by atoms with van der Waals surface area (Å²) in [4.78, 5) is 0. The molecule has 4 nitrogen and oxygen atoms in total. The second kappa shape index (κ2) is 15.1. The molecule has 0 bridgehead atoms. The van der Waals surface area contributed by atoms with Crippen molar-refractivity contribution in [1.82, 2.24) is 9.35 Å².